The molecule has 0 amide bonds. The second-order valence-corrected chi connectivity index (χ2v) is 6.08. The van der Waals surface area contributed by atoms with Crippen LogP contribution in [-0.2, 0) is 4.74 Å². The summed E-state index contributed by atoms with van der Waals surface area (Å²) in [5.74, 6) is -0.933. The highest BCUT2D eigenvalue weighted by Crippen LogP contribution is 2.30. The van der Waals surface area contributed by atoms with Crippen LogP contribution in [-0.4, -0.2) is 27.5 Å². The quantitative estimate of drug-likeness (QED) is 0.788. The molecular formula is C19H18N2O3. The van der Waals surface area contributed by atoms with Gasteiger partial charge < -0.3 is 9.84 Å². The normalized spacial score (nSPS) is 17.9. The zero-order chi connectivity index (χ0) is 16.5. The molecule has 5 heteroatoms. The summed E-state index contributed by atoms with van der Waals surface area (Å²) in [5, 5.41) is 15.9. The molecule has 0 aliphatic carbocycles. The highest BCUT2D eigenvalue weighted by Gasteiger charge is 2.19. The molecule has 1 atom stereocenters. The maximum Gasteiger partial charge on any atom is 0.336 e. The van der Waals surface area contributed by atoms with Gasteiger partial charge in [0.05, 0.1) is 11.8 Å². The molecule has 4 rings (SSSR count). The van der Waals surface area contributed by atoms with Gasteiger partial charge in [-0.15, -0.1) is 0 Å². The van der Waals surface area contributed by atoms with E-state index >= 15 is 0 Å². The largest absolute Gasteiger partial charge is 0.478 e. The first kappa shape index (κ1) is 14.9. The van der Waals surface area contributed by atoms with E-state index in [-0.39, 0.29) is 11.8 Å². The number of aromatic carboxylic acids is 1. The van der Waals surface area contributed by atoms with Crippen molar-refractivity contribution in [2.75, 3.05) is 6.61 Å². The fourth-order valence-electron chi connectivity index (χ4n) is 3.22. The van der Waals surface area contributed by atoms with Crippen LogP contribution >= 0.6 is 0 Å². The third kappa shape index (κ3) is 2.67. The predicted octanol–water partition coefficient (Wildman–Crippen LogP) is 4.10. The molecule has 1 saturated heterocycles. The Labute approximate surface area is 139 Å². The first-order valence-electron chi connectivity index (χ1n) is 8.14. The molecule has 0 saturated carbocycles. The van der Waals surface area contributed by atoms with Crippen molar-refractivity contribution in [2.24, 2.45) is 0 Å². The van der Waals surface area contributed by atoms with Crippen LogP contribution in [0.1, 0.15) is 35.8 Å². The van der Waals surface area contributed by atoms with Gasteiger partial charge in [-0.3, -0.25) is 0 Å². The average molecular weight is 322 g/mol. The molecule has 1 unspecified atom stereocenters. The van der Waals surface area contributed by atoms with Crippen LogP contribution in [0.25, 0.3) is 21.9 Å². The maximum atomic E-state index is 11.7. The van der Waals surface area contributed by atoms with Crippen LogP contribution in [0.15, 0.2) is 48.8 Å². The lowest BCUT2D eigenvalue weighted by molar-refractivity contribution is -0.0394. The number of hydrogen-bond acceptors (Lipinski definition) is 3. The molecule has 1 aromatic heterocycles. The summed E-state index contributed by atoms with van der Waals surface area (Å²) in [4.78, 5) is 11.7. The van der Waals surface area contributed by atoms with Gasteiger partial charge in [0.15, 0.2) is 0 Å². The minimum absolute atomic E-state index is 0.0544. The van der Waals surface area contributed by atoms with Gasteiger partial charge in [0.25, 0.3) is 0 Å². The van der Waals surface area contributed by atoms with E-state index in [0.717, 1.165) is 42.2 Å². The molecule has 122 valence electrons. The third-order valence-corrected chi connectivity index (χ3v) is 4.48. The molecule has 3 aromatic rings. The summed E-state index contributed by atoms with van der Waals surface area (Å²) < 4.78 is 7.55. The van der Waals surface area contributed by atoms with Crippen molar-refractivity contribution >= 4 is 16.7 Å². The number of carbonyl (C=O) groups is 1. The first-order valence-corrected chi connectivity index (χ1v) is 8.14. The molecule has 1 aliphatic rings. The van der Waals surface area contributed by atoms with Gasteiger partial charge in [0.2, 0.25) is 0 Å². The van der Waals surface area contributed by atoms with Crippen molar-refractivity contribution in [3.63, 3.8) is 0 Å². The second kappa shape index (κ2) is 6.09. The summed E-state index contributed by atoms with van der Waals surface area (Å²) in [6.07, 6.45) is 6.68. The van der Waals surface area contributed by atoms with Crippen LogP contribution in [0, 0.1) is 0 Å². The SMILES string of the molecule is O=C(O)c1cc2ccccc2cc1-c1cnn(C2CCCCO2)c1. The van der Waals surface area contributed by atoms with E-state index in [4.69, 9.17) is 4.74 Å². The molecule has 2 heterocycles. The number of aromatic nitrogens is 2. The molecule has 1 aliphatic heterocycles. The predicted molar refractivity (Wildman–Crippen MR) is 91.0 cm³/mol. The Morgan fingerprint density at radius 1 is 1.21 bits per heavy atom. The number of ether oxygens (including phenoxy) is 1. The minimum atomic E-state index is -0.933. The summed E-state index contributed by atoms with van der Waals surface area (Å²) in [6, 6.07) is 11.4. The number of rotatable bonds is 3. The van der Waals surface area contributed by atoms with Crippen molar-refractivity contribution in [1.29, 1.82) is 0 Å². The zero-order valence-electron chi connectivity index (χ0n) is 13.2. The van der Waals surface area contributed by atoms with Gasteiger partial charge >= 0.3 is 5.97 Å². The molecule has 2 aromatic carbocycles. The molecule has 0 spiro atoms. The summed E-state index contributed by atoms with van der Waals surface area (Å²) in [6.45, 7) is 0.746. The van der Waals surface area contributed by atoms with E-state index < -0.39 is 5.97 Å². The van der Waals surface area contributed by atoms with Crippen molar-refractivity contribution in [1.82, 2.24) is 9.78 Å². The Kier molecular flexibility index (Phi) is 3.78. The zero-order valence-corrected chi connectivity index (χ0v) is 13.2. The van der Waals surface area contributed by atoms with Crippen molar-refractivity contribution in [2.45, 2.75) is 25.5 Å². The van der Waals surface area contributed by atoms with E-state index in [1.54, 1.807) is 16.9 Å². The van der Waals surface area contributed by atoms with Crippen LogP contribution in [0.4, 0.5) is 0 Å². The Hall–Kier alpha value is -2.66. The molecule has 1 N–H and O–H groups in total. The maximum absolute atomic E-state index is 11.7. The van der Waals surface area contributed by atoms with Gasteiger partial charge in [0, 0.05) is 18.4 Å². The average Bonchev–Trinajstić information content (AvgIpc) is 3.11. The highest BCUT2D eigenvalue weighted by molar-refractivity contribution is 6.02. The standard InChI is InChI=1S/C19H18N2O3/c22-19(23)17-10-14-6-2-1-5-13(14)9-16(17)15-11-20-21(12-15)18-7-3-4-8-24-18/h1-2,5-6,9-12,18H,3-4,7-8H2,(H,22,23). The van der Waals surface area contributed by atoms with E-state index in [1.807, 2.05) is 36.5 Å². The summed E-state index contributed by atoms with van der Waals surface area (Å²) in [5.41, 5.74) is 1.77. The summed E-state index contributed by atoms with van der Waals surface area (Å²) >= 11 is 0. The molecule has 1 fully saturated rings. The van der Waals surface area contributed by atoms with Gasteiger partial charge in [-0.05, 0) is 47.7 Å². The number of benzene rings is 2. The highest BCUT2D eigenvalue weighted by atomic mass is 16.5. The van der Waals surface area contributed by atoms with Crippen LogP contribution in [0.5, 0.6) is 0 Å². The number of hydrogen-bond donors (Lipinski definition) is 1. The van der Waals surface area contributed by atoms with E-state index in [0.29, 0.717) is 5.56 Å². The smallest absolute Gasteiger partial charge is 0.336 e. The molecular weight excluding hydrogens is 304 g/mol. The second-order valence-electron chi connectivity index (χ2n) is 6.08. The Bertz CT molecular complexity index is 895. The van der Waals surface area contributed by atoms with E-state index in [9.17, 15) is 9.90 Å². The van der Waals surface area contributed by atoms with Crippen molar-refractivity contribution < 1.29 is 14.6 Å². The lowest BCUT2D eigenvalue weighted by Gasteiger charge is -2.22. The number of fused-ring (bicyclic) bond motifs is 1. The van der Waals surface area contributed by atoms with Crippen LogP contribution in [0.2, 0.25) is 0 Å². The molecule has 0 radical (unpaired) electrons. The van der Waals surface area contributed by atoms with Crippen LogP contribution in [0.3, 0.4) is 0 Å². The van der Waals surface area contributed by atoms with Crippen molar-refractivity contribution in [3.8, 4) is 11.1 Å². The van der Waals surface area contributed by atoms with Crippen molar-refractivity contribution in [3.05, 3.63) is 54.4 Å². The molecule has 0 bridgehead atoms. The molecule has 24 heavy (non-hydrogen) atoms. The van der Waals surface area contributed by atoms with Gasteiger partial charge in [-0.1, -0.05) is 24.3 Å². The number of carboxylic acid groups (broad SMARTS) is 1. The fraction of sp³-hybridized carbons (Fsp3) is 0.263. The summed E-state index contributed by atoms with van der Waals surface area (Å²) in [7, 11) is 0. The van der Waals surface area contributed by atoms with E-state index in [2.05, 4.69) is 5.10 Å². The topological polar surface area (TPSA) is 64.3 Å². The van der Waals surface area contributed by atoms with Crippen LogP contribution < -0.4 is 0 Å². The first-order chi connectivity index (χ1) is 11.7. The Morgan fingerprint density at radius 2 is 2.00 bits per heavy atom. The fourth-order valence-corrected chi connectivity index (χ4v) is 3.22. The van der Waals surface area contributed by atoms with Gasteiger partial charge in [-0.2, -0.15) is 5.10 Å². The minimum Gasteiger partial charge on any atom is -0.478 e. The lowest BCUT2D eigenvalue weighted by Crippen LogP contribution is -2.18. The number of nitrogens with zero attached hydrogens (tertiary/aromatic N) is 2. The Balaban J connectivity index is 1.79. The monoisotopic (exact) mass is 322 g/mol. The Morgan fingerprint density at radius 3 is 2.71 bits per heavy atom. The molecule has 5 nitrogen and oxygen atoms in total. The number of carboxylic acids is 1. The van der Waals surface area contributed by atoms with Gasteiger partial charge in [0.1, 0.15) is 6.23 Å². The van der Waals surface area contributed by atoms with E-state index in [1.165, 1.54) is 0 Å². The van der Waals surface area contributed by atoms with Gasteiger partial charge in [-0.25, -0.2) is 9.48 Å². The lowest BCUT2D eigenvalue weighted by atomic mass is 9.97. The third-order valence-electron chi connectivity index (χ3n) is 4.48.